The highest BCUT2D eigenvalue weighted by atomic mass is 31.1. The molecule has 0 heterocycles. The zero-order chi connectivity index (χ0) is 27.9. The van der Waals surface area contributed by atoms with Gasteiger partial charge in [0, 0.05) is 0 Å². The minimum absolute atomic E-state index is 0.424. The third-order valence-electron chi connectivity index (χ3n) is 6.21. The summed E-state index contributed by atoms with van der Waals surface area (Å²) in [5.41, 5.74) is 4.52. The van der Waals surface area contributed by atoms with Crippen molar-refractivity contribution >= 4 is 20.1 Å². The van der Waals surface area contributed by atoms with E-state index in [1.54, 1.807) is 0 Å². The molecule has 226 valence electrons. The van der Waals surface area contributed by atoms with Gasteiger partial charge < -0.3 is 9.05 Å². The highest BCUT2D eigenvalue weighted by Crippen LogP contribution is 2.22. The van der Waals surface area contributed by atoms with E-state index < -0.39 is 33.3 Å². The summed E-state index contributed by atoms with van der Waals surface area (Å²) in [7, 11) is -2.97. The Balaban J connectivity index is 3.41. The highest BCUT2D eigenvalue weighted by Gasteiger charge is 2.09. The van der Waals surface area contributed by atoms with Gasteiger partial charge >= 0.3 is 8.25 Å². The maximum Gasteiger partial charge on any atom is 0.320 e. The fourth-order valence-electron chi connectivity index (χ4n) is 3.94. The number of hydrogen-bond acceptors (Lipinski definition) is 7. The molecule has 0 aromatic rings. The number of nitrogens with one attached hydrogen (secondary N) is 2. The van der Waals surface area contributed by atoms with Crippen LogP contribution in [-0.2, 0) is 32.9 Å². The first-order valence-electron chi connectivity index (χ1n) is 15.2. The van der Waals surface area contributed by atoms with Gasteiger partial charge in [-0.25, -0.2) is 11.0 Å². The molecule has 0 spiro atoms. The van der Waals surface area contributed by atoms with Gasteiger partial charge in [-0.15, -0.1) is 0 Å². The number of hydrogen-bond donors (Lipinski definition) is 2. The molecule has 0 fully saturated rings. The lowest BCUT2D eigenvalue weighted by Gasteiger charge is -2.08. The summed E-state index contributed by atoms with van der Waals surface area (Å²) in [5.74, 6) is -1.10. The van der Waals surface area contributed by atoms with Crippen LogP contribution in [0.1, 0.15) is 142 Å². The fraction of sp³-hybridized carbons (Fsp3) is 0.929. The van der Waals surface area contributed by atoms with Crippen LogP contribution in [0, 0.1) is 0 Å². The van der Waals surface area contributed by atoms with E-state index in [-0.39, 0.29) is 0 Å². The van der Waals surface area contributed by atoms with Crippen molar-refractivity contribution in [1.82, 2.24) is 11.0 Å². The molecule has 0 aromatic carbocycles. The lowest BCUT2D eigenvalue weighted by atomic mass is 10.1. The molecule has 0 aliphatic carbocycles. The third-order valence-corrected chi connectivity index (χ3v) is 6.97. The van der Waals surface area contributed by atoms with Gasteiger partial charge in [0.1, 0.15) is 13.2 Å². The summed E-state index contributed by atoms with van der Waals surface area (Å²) < 4.78 is 21.4. The second kappa shape index (κ2) is 30.6. The molecule has 0 aromatic heterocycles. The first-order valence-corrected chi connectivity index (χ1v) is 16.4. The Kier molecular flexibility index (Phi) is 29.8. The van der Waals surface area contributed by atoms with Gasteiger partial charge in [-0.05, 0) is 12.8 Å². The monoisotopic (exact) mass is 564 g/mol. The summed E-state index contributed by atoms with van der Waals surface area (Å²) in [5, 5.41) is 0. The van der Waals surface area contributed by atoms with Gasteiger partial charge in [-0.3, -0.25) is 23.8 Å². The SMILES string of the molecule is CCCCCCCCCCCCONC(=O)CO[PH](=O)OCC(=O)NOCCCCCCCCCCCC. The minimum atomic E-state index is -2.97. The summed E-state index contributed by atoms with van der Waals surface area (Å²) in [6, 6.07) is 0. The summed E-state index contributed by atoms with van der Waals surface area (Å²) >= 11 is 0. The molecule has 0 aliphatic heterocycles. The molecule has 0 rings (SSSR count). The van der Waals surface area contributed by atoms with Crippen LogP contribution in [0.5, 0.6) is 0 Å². The van der Waals surface area contributed by atoms with Crippen molar-refractivity contribution in [3.8, 4) is 0 Å². The van der Waals surface area contributed by atoms with E-state index >= 15 is 0 Å². The fourth-order valence-corrected chi connectivity index (χ4v) is 4.52. The third kappa shape index (κ3) is 29.6. The molecule has 0 saturated carbocycles. The molecule has 0 saturated heterocycles. The second-order valence-corrected chi connectivity index (χ2v) is 11.0. The topological polar surface area (TPSA) is 112 Å². The Morgan fingerprint density at radius 1 is 0.500 bits per heavy atom. The van der Waals surface area contributed by atoms with Crippen LogP contribution < -0.4 is 11.0 Å². The molecule has 0 radical (unpaired) electrons. The predicted molar refractivity (Wildman–Crippen MR) is 153 cm³/mol. The van der Waals surface area contributed by atoms with Gasteiger partial charge in [0.2, 0.25) is 0 Å². The van der Waals surface area contributed by atoms with Crippen LogP contribution in [0.25, 0.3) is 0 Å². The van der Waals surface area contributed by atoms with Gasteiger partial charge in [0.05, 0.1) is 13.2 Å². The van der Waals surface area contributed by atoms with Gasteiger partial charge in [-0.2, -0.15) is 0 Å². The lowest BCUT2D eigenvalue weighted by Crippen LogP contribution is -2.28. The van der Waals surface area contributed by atoms with Crippen molar-refractivity contribution in [3.63, 3.8) is 0 Å². The number of carbonyl (C=O) groups excluding carboxylic acids is 2. The number of carbonyl (C=O) groups is 2. The zero-order valence-electron chi connectivity index (χ0n) is 24.3. The largest absolute Gasteiger partial charge is 0.320 e. The minimum Gasteiger partial charge on any atom is -0.301 e. The Labute approximate surface area is 232 Å². The maximum atomic E-state index is 11.7. The van der Waals surface area contributed by atoms with Crippen molar-refractivity contribution in [1.29, 1.82) is 0 Å². The highest BCUT2D eigenvalue weighted by molar-refractivity contribution is 7.33. The summed E-state index contributed by atoms with van der Waals surface area (Å²) in [6.07, 6.45) is 24.5. The van der Waals surface area contributed by atoms with Crippen molar-refractivity contribution in [3.05, 3.63) is 0 Å². The van der Waals surface area contributed by atoms with E-state index in [9.17, 15) is 14.2 Å². The van der Waals surface area contributed by atoms with Crippen molar-refractivity contribution in [2.75, 3.05) is 26.4 Å². The van der Waals surface area contributed by atoms with Gasteiger partial charge in [0.25, 0.3) is 11.8 Å². The van der Waals surface area contributed by atoms with Gasteiger partial charge in [0.15, 0.2) is 0 Å². The van der Waals surface area contributed by atoms with E-state index in [0.29, 0.717) is 13.2 Å². The van der Waals surface area contributed by atoms with E-state index in [1.165, 1.54) is 103 Å². The maximum absolute atomic E-state index is 11.7. The predicted octanol–water partition coefficient (Wildman–Crippen LogP) is 7.35. The molecule has 0 bridgehead atoms. The molecule has 0 unspecified atom stereocenters. The Bertz CT molecular complexity index is 521. The molecule has 38 heavy (non-hydrogen) atoms. The molecule has 0 aliphatic rings. The average molecular weight is 565 g/mol. The summed E-state index contributed by atoms with van der Waals surface area (Å²) in [4.78, 5) is 33.6. The van der Waals surface area contributed by atoms with Crippen molar-refractivity contribution in [2.24, 2.45) is 0 Å². The van der Waals surface area contributed by atoms with Crippen LogP contribution in [0.15, 0.2) is 0 Å². The molecule has 0 atom stereocenters. The van der Waals surface area contributed by atoms with Crippen molar-refractivity contribution < 1.29 is 32.9 Å². The smallest absolute Gasteiger partial charge is 0.301 e. The van der Waals surface area contributed by atoms with Crippen molar-refractivity contribution in [2.45, 2.75) is 142 Å². The lowest BCUT2D eigenvalue weighted by molar-refractivity contribution is -0.136. The molecule has 2 N–H and O–H groups in total. The number of hydroxylamine groups is 2. The molecule has 10 heteroatoms. The van der Waals surface area contributed by atoms with E-state index in [1.807, 2.05) is 0 Å². The zero-order valence-corrected chi connectivity index (χ0v) is 25.3. The molecular weight excluding hydrogens is 507 g/mol. The van der Waals surface area contributed by atoms with Crippen LogP contribution in [0.3, 0.4) is 0 Å². The Morgan fingerprint density at radius 2 is 0.789 bits per heavy atom. The number of unbranched alkanes of at least 4 members (excludes halogenated alkanes) is 18. The normalized spacial score (nSPS) is 11.2. The van der Waals surface area contributed by atoms with E-state index in [0.717, 1.165) is 25.7 Å². The molecule has 2 amide bonds. The first kappa shape index (κ1) is 37.0. The Hall–Kier alpha value is -0.990. The standard InChI is InChI=1S/C28H57N2O7P/c1-3-5-7-9-11-13-15-17-19-21-23-34-29-27(31)25-36-38(33)37-26-28(32)30-35-24-22-20-18-16-14-12-10-8-6-4-2/h38H,3-26H2,1-2H3,(H,29,31)(H,30,32). The van der Waals surface area contributed by atoms with Gasteiger partial charge in [-0.1, -0.05) is 129 Å². The number of amides is 2. The average Bonchev–Trinajstić information content (AvgIpc) is 2.92. The molecule has 9 nitrogen and oxygen atoms in total. The van der Waals surface area contributed by atoms with Crippen LogP contribution >= 0.6 is 8.25 Å². The number of rotatable bonds is 30. The van der Waals surface area contributed by atoms with E-state index in [2.05, 4.69) is 24.8 Å². The Morgan fingerprint density at radius 3 is 1.11 bits per heavy atom. The van der Waals surface area contributed by atoms with Crippen LogP contribution in [-0.4, -0.2) is 38.2 Å². The van der Waals surface area contributed by atoms with E-state index in [4.69, 9.17) is 18.7 Å². The summed E-state index contributed by atoms with van der Waals surface area (Å²) in [6.45, 7) is 4.38. The molecular formula is C28H57N2O7P. The van der Waals surface area contributed by atoms with Crippen LogP contribution in [0.2, 0.25) is 0 Å². The second-order valence-electron chi connectivity index (χ2n) is 9.94. The quantitative estimate of drug-likeness (QED) is 0.0533. The first-order chi connectivity index (χ1) is 18.6. The van der Waals surface area contributed by atoms with Crippen LogP contribution in [0.4, 0.5) is 0 Å².